The Labute approximate surface area is 108 Å². The Morgan fingerprint density at radius 3 is 2.72 bits per heavy atom. The van der Waals surface area contributed by atoms with Crippen LogP contribution in [-0.2, 0) is 14.3 Å². The lowest BCUT2D eigenvalue weighted by molar-refractivity contribution is -0.151. The summed E-state index contributed by atoms with van der Waals surface area (Å²) < 4.78 is 5.61. The summed E-state index contributed by atoms with van der Waals surface area (Å²) in [7, 11) is 0. The Hall–Kier alpha value is -1.12. The monoisotopic (exact) mass is 248 g/mol. The van der Waals surface area contributed by atoms with Gasteiger partial charge in [0.15, 0.2) is 5.78 Å². The fourth-order valence-corrected chi connectivity index (χ4v) is 4.21. The van der Waals surface area contributed by atoms with Crippen molar-refractivity contribution in [2.24, 2.45) is 29.1 Å². The van der Waals surface area contributed by atoms with Crippen LogP contribution in [0.15, 0.2) is 12.2 Å². The van der Waals surface area contributed by atoms with Gasteiger partial charge in [-0.05, 0) is 24.3 Å². The minimum Gasteiger partial charge on any atom is -0.461 e. The molecule has 1 aliphatic heterocycles. The number of ether oxygens (including phenoxy) is 1. The van der Waals surface area contributed by atoms with Gasteiger partial charge in [0.25, 0.3) is 0 Å². The van der Waals surface area contributed by atoms with E-state index in [-0.39, 0.29) is 41.0 Å². The van der Waals surface area contributed by atoms with E-state index < -0.39 is 0 Å². The van der Waals surface area contributed by atoms with Crippen LogP contribution in [-0.4, -0.2) is 17.9 Å². The Kier molecular flexibility index (Phi) is 2.45. The van der Waals surface area contributed by atoms with Gasteiger partial charge >= 0.3 is 5.97 Å². The van der Waals surface area contributed by atoms with Crippen molar-refractivity contribution in [3.05, 3.63) is 12.2 Å². The molecule has 98 valence electrons. The molecule has 1 saturated heterocycles. The van der Waals surface area contributed by atoms with Crippen LogP contribution in [0.2, 0.25) is 0 Å². The minimum absolute atomic E-state index is 0.00671. The Morgan fingerprint density at radius 1 is 1.28 bits per heavy atom. The van der Waals surface area contributed by atoms with Crippen LogP contribution in [0.4, 0.5) is 0 Å². The fraction of sp³-hybridized carbons (Fsp3) is 0.733. The lowest BCUT2D eigenvalue weighted by Gasteiger charge is -2.49. The van der Waals surface area contributed by atoms with Gasteiger partial charge in [-0.15, -0.1) is 0 Å². The van der Waals surface area contributed by atoms with Crippen molar-refractivity contribution in [3.63, 3.8) is 0 Å². The van der Waals surface area contributed by atoms with E-state index in [1.54, 1.807) is 6.08 Å². The molecule has 3 rings (SSSR count). The summed E-state index contributed by atoms with van der Waals surface area (Å²) in [6, 6.07) is 0. The van der Waals surface area contributed by atoms with E-state index in [0.29, 0.717) is 5.92 Å². The number of allylic oxidation sites excluding steroid dienone is 2. The average molecular weight is 248 g/mol. The Balaban J connectivity index is 2.00. The molecule has 0 aromatic carbocycles. The van der Waals surface area contributed by atoms with Crippen LogP contribution >= 0.6 is 0 Å². The van der Waals surface area contributed by atoms with Crippen molar-refractivity contribution >= 4 is 11.8 Å². The summed E-state index contributed by atoms with van der Waals surface area (Å²) in [4.78, 5) is 23.7. The van der Waals surface area contributed by atoms with Gasteiger partial charge in [0, 0.05) is 17.8 Å². The smallest absolute Gasteiger partial charge is 0.309 e. The first kappa shape index (κ1) is 11.9. The maximum atomic E-state index is 11.9. The van der Waals surface area contributed by atoms with Gasteiger partial charge in [-0.1, -0.05) is 26.8 Å². The molecule has 1 heterocycles. The van der Waals surface area contributed by atoms with Gasteiger partial charge < -0.3 is 4.74 Å². The van der Waals surface area contributed by atoms with Crippen molar-refractivity contribution in [2.45, 2.75) is 39.7 Å². The molecular formula is C15H20O3. The molecule has 0 radical (unpaired) electrons. The molecule has 18 heavy (non-hydrogen) atoms. The average Bonchev–Trinajstić information content (AvgIpc) is 2.60. The topological polar surface area (TPSA) is 43.4 Å². The summed E-state index contributed by atoms with van der Waals surface area (Å²) in [5, 5.41) is 0. The summed E-state index contributed by atoms with van der Waals surface area (Å²) >= 11 is 0. The zero-order valence-electron chi connectivity index (χ0n) is 11.2. The molecule has 0 N–H and O–H groups in total. The molecule has 2 aliphatic carbocycles. The van der Waals surface area contributed by atoms with Gasteiger partial charge in [-0.2, -0.15) is 0 Å². The van der Waals surface area contributed by atoms with Crippen LogP contribution in [0.3, 0.4) is 0 Å². The molecule has 3 nitrogen and oxygen atoms in total. The maximum absolute atomic E-state index is 11.9. The first-order valence-electron chi connectivity index (χ1n) is 6.87. The zero-order chi connectivity index (χ0) is 13.1. The third-order valence-corrected chi connectivity index (χ3v) is 5.44. The number of hydrogen-bond acceptors (Lipinski definition) is 3. The highest BCUT2D eigenvalue weighted by Gasteiger charge is 2.57. The van der Waals surface area contributed by atoms with E-state index in [0.717, 1.165) is 12.8 Å². The van der Waals surface area contributed by atoms with Crippen LogP contribution in [0, 0.1) is 29.1 Å². The van der Waals surface area contributed by atoms with E-state index >= 15 is 0 Å². The van der Waals surface area contributed by atoms with Crippen LogP contribution in [0.1, 0.15) is 33.6 Å². The first-order valence-corrected chi connectivity index (χ1v) is 6.87. The molecule has 3 heteroatoms. The van der Waals surface area contributed by atoms with Crippen LogP contribution in [0.25, 0.3) is 0 Å². The summed E-state index contributed by atoms with van der Waals surface area (Å²) in [5.41, 5.74) is 0.0127. The molecule has 0 aromatic rings. The van der Waals surface area contributed by atoms with Crippen molar-refractivity contribution in [2.75, 3.05) is 0 Å². The van der Waals surface area contributed by atoms with Gasteiger partial charge in [-0.3, -0.25) is 9.59 Å². The number of hydrogen-bond donors (Lipinski definition) is 0. The number of ketones is 1. The summed E-state index contributed by atoms with van der Waals surface area (Å²) in [5.74, 6) is 0.510. The largest absolute Gasteiger partial charge is 0.461 e. The van der Waals surface area contributed by atoms with Gasteiger partial charge in [0.05, 0.1) is 5.92 Å². The number of carbonyl (C=O) groups excluding carboxylic acids is 2. The minimum atomic E-state index is -0.0801. The molecule has 0 unspecified atom stereocenters. The van der Waals surface area contributed by atoms with Gasteiger partial charge in [0.1, 0.15) is 6.10 Å². The second-order valence-corrected chi connectivity index (χ2v) is 6.45. The van der Waals surface area contributed by atoms with E-state index in [2.05, 4.69) is 6.92 Å². The van der Waals surface area contributed by atoms with Crippen molar-refractivity contribution in [1.29, 1.82) is 0 Å². The predicted molar refractivity (Wildman–Crippen MR) is 66.7 cm³/mol. The molecule has 0 amide bonds. The van der Waals surface area contributed by atoms with Gasteiger partial charge in [0.2, 0.25) is 0 Å². The SMILES string of the molecule is C[C@@H]1C(=O)O[C@@H]2[C@@H]1CC[C@]1(C)C=CC(=O)[C@H](C)[C@H]21. The van der Waals surface area contributed by atoms with Crippen molar-refractivity contribution in [1.82, 2.24) is 0 Å². The zero-order valence-corrected chi connectivity index (χ0v) is 11.2. The highest BCUT2D eigenvalue weighted by Crippen LogP contribution is 2.54. The Morgan fingerprint density at radius 2 is 2.00 bits per heavy atom. The second kappa shape index (κ2) is 3.69. The molecule has 3 aliphatic rings. The summed E-state index contributed by atoms with van der Waals surface area (Å²) in [6.45, 7) is 6.14. The van der Waals surface area contributed by atoms with Crippen molar-refractivity contribution in [3.8, 4) is 0 Å². The first-order chi connectivity index (χ1) is 8.44. The third kappa shape index (κ3) is 1.42. The number of carbonyl (C=O) groups is 2. The van der Waals surface area contributed by atoms with Gasteiger partial charge in [-0.25, -0.2) is 0 Å². The maximum Gasteiger partial charge on any atom is 0.309 e. The van der Waals surface area contributed by atoms with Crippen LogP contribution < -0.4 is 0 Å². The lowest BCUT2D eigenvalue weighted by atomic mass is 9.55. The molecule has 0 bridgehead atoms. The fourth-order valence-electron chi connectivity index (χ4n) is 4.21. The normalized spacial score (nSPS) is 50.7. The van der Waals surface area contributed by atoms with Crippen molar-refractivity contribution < 1.29 is 14.3 Å². The van der Waals surface area contributed by atoms with E-state index in [4.69, 9.17) is 4.74 Å². The van der Waals surface area contributed by atoms with E-state index in [1.165, 1.54) is 0 Å². The lowest BCUT2D eigenvalue weighted by Crippen LogP contribution is -2.50. The number of fused-ring (bicyclic) bond motifs is 3. The van der Waals surface area contributed by atoms with Crippen LogP contribution in [0.5, 0.6) is 0 Å². The standard InChI is InChI=1S/C15H20O3/c1-8-10-4-6-15(3)7-5-11(16)9(2)12(15)13(10)18-14(8)17/h5,7-10,12-13H,4,6H2,1-3H3/t8-,9-,10+,12+,13+,15+/m0/s1. The molecule has 0 aromatic heterocycles. The van der Waals surface area contributed by atoms with E-state index in [1.807, 2.05) is 19.9 Å². The molecular weight excluding hydrogens is 228 g/mol. The molecule has 2 fully saturated rings. The number of rotatable bonds is 0. The molecule has 1 saturated carbocycles. The highest BCUT2D eigenvalue weighted by atomic mass is 16.6. The second-order valence-electron chi connectivity index (χ2n) is 6.45. The highest BCUT2D eigenvalue weighted by molar-refractivity contribution is 5.93. The predicted octanol–water partition coefficient (Wildman–Crippen LogP) is 2.36. The van der Waals surface area contributed by atoms with E-state index in [9.17, 15) is 9.59 Å². The summed E-state index contributed by atoms with van der Waals surface area (Å²) in [6.07, 6.45) is 5.79. The Bertz CT molecular complexity index is 439. The quantitative estimate of drug-likeness (QED) is 0.618. The number of esters is 1. The molecule has 0 spiro atoms. The molecule has 6 atom stereocenters. The third-order valence-electron chi connectivity index (χ3n) is 5.44.